The largest absolute Gasteiger partial charge is 0.381 e. The van der Waals surface area contributed by atoms with Gasteiger partial charge in [0.1, 0.15) is 0 Å². The molecule has 0 aliphatic heterocycles. The second kappa shape index (κ2) is 17.2. The van der Waals surface area contributed by atoms with Gasteiger partial charge in [0.25, 0.3) is 0 Å². The Morgan fingerprint density at radius 3 is 1.94 bits per heavy atom. The fourth-order valence-corrected chi connectivity index (χ4v) is 0.834. The summed E-state index contributed by atoms with van der Waals surface area (Å²) in [5, 5.41) is 0. The molecule has 0 unspecified atom stereocenters. The summed E-state index contributed by atoms with van der Waals surface area (Å²) in [5.41, 5.74) is 10.5. The first kappa shape index (κ1) is 18.2. The molecular weight excluding hydrogens is 204 g/mol. The molecule has 0 heterocycles. The van der Waals surface area contributed by atoms with E-state index in [1.807, 2.05) is 13.8 Å². The first-order chi connectivity index (χ1) is 7.68. The van der Waals surface area contributed by atoms with Crippen LogP contribution in [0.4, 0.5) is 0 Å². The lowest BCUT2D eigenvalue weighted by Gasteiger charge is -2.04. The smallest absolute Gasteiger partial charge is 0.0518 e. The van der Waals surface area contributed by atoms with Crippen molar-refractivity contribution in [1.82, 2.24) is 0 Å². The molecule has 0 amide bonds. The quantitative estimate of drug-likeness (QED) is 0.593. The van der Waals surface area contributed by atoms with E-state index in [4.69, 9.17) is 20.9 Å². The molecule has 0 saturated heterocycles. The third-order valence-electron chi connectivity index (χ3n) is 1.64. The van der Waals surface area contributed by atoms with Gasteiger partial charge in [0, 0.05) is 19.8 Å². The molecular formula is C12H30N2O2. The Morgan fingerprint density at radius 2 is 1.50 bits per heavy atom. The first-order valence-electron chi connectivity index (χ1n) is 6.28. The summed E-state index contributed by atoms with van der Waals surface area (Å²) < 4.78 is 10.3. The maximum absolute atomic E-state index is 5.23. The summed E-state index contributed by atoms with van der Waals surface area (Å²) in [7, 11) is 0. The van der Waals surface area contributed by atoms with E-state index in [0.717, 1.165) is 52.2 Å². The summed E-state index contributed by atoms with van der Waals surface area (Å²) >= 11 is 0. The van der Waals surface area contributed by atoms with E-state index in [9.17, 15) is 0 Å². The van der Waals surface area contributed by atoms with Crippen LogP contribution in [-0.4, -0.2) is 39.0 Å². The minimum atomic E-state index is 0.349. The van der Waals surface area contributed by atoms with E-state index in [-0.39, 0.29) is 0 Å². The minimum absolute atomic E-state index is 0.349. The van der Waals surface area contributed by atoms with Crippen molar-refractivity contribution in [2.45, 2.75) is 46.1 Å². The molecule has 4 heteroatoms. The summed E-state index contributed by atoms with van der Waals surface area (Å²) in [4.78, 5) is 0. The van der Waals surface area contributed by atoms with E-state index in [1.165, 1.54) is 0 Å². The molecule has 0 atom stereocenters. The highest BCUT2D eigenvalue weighted by atomic mass is 16.5. The number of hydrogen-bond donors (Lipinski definition) is 2. The third kappa shape index (κ3) is 23.6. The maximum Gasteiger partial charge on any atom is 0.0518 e. The zero-order valence-corrected chi connectivity index (χ0v) is 11.2. The van der Waals surface area contributed by atoms with Crippen LogP contribution in [0.5, 0.6) is 0 Å². The Bertz CT molecular complexity index is 105. The Kier molecular flexibility index (Phi) is 19.6. The highest BCUT2D eigenvalue weighted by Gasteiger charge is 1.89. The molecule has 100 valence electrons. The van der Waals surface area contributed by atoms with Crippen molar-refractivity contribution in [3.05, 3.63) is 0 Å². The first-order valence-corrected chi connectivity index (χ1v) is 6.28. The lowest BCUT2D eigenvalue weighted by atomic mass is 10.4. The monoisotopic (exact) mass is 234 g/mol. The van der Waals surface area contributed by atoms with Gasteiger partial charge in [0.15, 0.2) is 0 Å². The van der Waals surface area contributed by atoms with Crippen molar-refractivity contribution in [1.29, 1.82) is 0 Å². The minimum Gasteiger partial charge on any atom is -0.381 e. The van der Waals surface area contributed by atoms with Gasteiger partial charge in [0.05, 0.1) is 6.10 Å². The third-order valence-corrected chi connectivity index (χ3v) is 1.64. The Hall–Kier alpha value is -0.160. The summed E-state index contributed by atoms with van der Waals surface area (Å²) in [6, 6.07) is 0. The zero-order valence-electron chi connectivity index (χ0n) is 11.2. The van der Waals surface area contributed by atoms with E-state index in [0.29, 0.717) is 6.10 Å². The fourth-order valence-electron chi connectivity index (χ4n) is 0.834. The Labute approximate surface area is 101 Å². The number of ether oxygens (including phenoxy) is 2. The number of hydrogen-bond acceptors (Lipinski definition) is 4. The second-order valence-corrected chi connectivity index (χ2v) is 3.82. The molecule has 0 aromatic carbocycles. The van der Waals surface area contributed by atoms with Crippen LogP contribution >= 0.6 is 0 Å². The van der Waals surface area contributed by atoms with Crippen LogP contribution in [-0.2, 0) is 9.47 Å². The van der Waals surface area contributed by atoms with Crippen molar-refractivity contribution in [3.8, 4) is 0 Å². The SMILES string of the molecule is CC(C)OCCCN.CCCOCCCN. The molecule has 16 heavy (non-hydrogen) atoms. The molecule has 0 aliphatic rings. The van der Waals surface area contributed by atoms with Gasteiger partial charge in [-0.3, -0.25) is 0 Å². The molecule has 0 aromatic rings. The fraction of sp³-hybridized carbons (Fsp3) is 1.00. The molecule has 0 aliphatic carbocycles. The van der Waals surface area contributed by atoms with Crippen LogP contribution in [0.1, 0.15) is 40.0 Å². The van der Waals surface area contributed by atoms with Crippen LogP contribution in [0.15, 0.2) is 0 Å². The van der Waals surface area contributed by atoms with Gasteiger partial charge in [-0.2, -0.15) is 0 Å². The Morgan fingerprint density at radius 1 is 0.938 bits per heavy atom. The summed E-state index contributed by atoms with van der Waals surface area (Å²) in [6.07, 6.45) is 3.41. The second-order valence-electron chi connectivity index (χ2n) is 3.82. The van der Waals surface area contributed by atoms with Gasteiger partial charge in [-0.05, 0) is 46.2 Å². The van der Waals surface area contributed by atoms with Gasteiger partial charge in [-0.15, -0.1) is 0 Å². The van der Waals surface area contributed by atoms with E-state index < -0.39 is 0 Å². The van der Waals surface area contributed by atoms with Gasteiger partial charge < -0.3 is 20.9 Å². The molecule has 0 bridgehead atoms. The normalized spacial score (nSPS) is 10.1. The molecule has 0 spiro atoms. The average Bonchev–Trinajstić information content (AvgIpc) is 2.25. The molecule has 4 nitrogen and oxygen atoms in total. The molecule has 0 aromatic heterocycles. The molecule has 4 N–H and O–H groups in total. The lowest BCUT2D eigenvalue weighted by molar-refractivity contribution is 0.0782. The van der Waals surface area contributed by atoms with Crippen LogP contribution in [0, 0.1) is 0 Å². The molecule has 0 rings (SSSR count). The van der Waals surface area contributed by atoms with Crippen LogP contribution in [0.3, 0.4) is 0 Å². The van der Waals surface area contributed by atoms with Gasteiger partial charge in [-0.25, -0.2) is 0 Å². The average molecular weight is 234 g/mol. The van der Waals surface area contributed by atoms with E-state index in [2.05, 4.69) is 6.92 Å². The van der Waals surface area contributed by atoms with Crippen LogP contribution in [0.2, 0.25) is 0 Å². The van der Waals surface area contributed by atoms with Gasteiger partial charge in [-0.1, -0.05) is 6.92 Å². The van der Waals surface area contributed by atoms with Crippen LogP contribution < -0.4 is 11.5 Å². The van der Waals surface area contributed by atoms with Crippen molar-refractivity contribution >= 4 is 0 Å². The van der Waals surface area contributed by atoms with Crippen molar-refractivity contribution in [3.63, 3.8) is 0 Å². The highest BCUT2D eigenvalue weighted by Crippen LogP contribution is 1.87. The number of nitrogens with two attached hydrogens (primary N) is 2. The maximum atomic E-state index is 5.23. The standard InChI is InChI=1S/2C6H15NO/c1-6(2)8-5-3-4-7;1-2-5-8-6-3-4-7/h6H,3-5,7H2,1-2H3;2-7H2,1H3. The number of rotatable bonds is 9. The zero-order chi connectivity index (χ0) is 12.6. The predicted octanol–water partition coefficient (Wildman–Crippen LogP) is 1.52. The van der Waals surface area contributed by atoms with Crippen molar-refractivity contribution < 1.29 is 9.47 Å². The molecule has 0 fully saturated rings. The topological polar surface area (TPSA) is 70.5 Å². The van der Waals surface area contributed by atoms with Crippen molar-refractivity contribution in [2.24, 2.45) is 11.5 Å². The predicted molar refractivity (Wildman–Crippen MR) is 69.5 cm³/mol. The molecule has 0 saturated carbocycles. The summed E-state index contributed by atoms with van der Waals surface area (Å²) in [6.45, 7) is 10.1. The lowest BCUT2D eigenvalue weighted by Crippen LogP contribution is -2.08. The van der Waals surface area contributed by atoms with Crippen molar-refractivity contribution in [2.75, 3.05) is 32.9 Å². The van der Waals surface area contributed by atoms with Gasteiger partial charge >= 0.3 is 0 Å². The van der Waals surface area contributed by atoms with Gasteiger partial charge in [0.2, 0.25) is 0 Å². The van der Waals surface area contributed by atoms with E-state index >= 15 is 0 Å². The van der Waals surface area contributed by atoms with E-state index in [1.54, 1.807) is 0 Å². The summed E-state index contributed by atoms with van der Waals surface area (Å²) in [5.74, 6) is 0. The molecule has 0 radical (unpaired) electrons. The van der Waals surface area contributed by atoms with Crippen LogP contribution in [0.25, 0.3) is 0 Å². The highest BCUT2D eigenvalue weighted by molar-refractivity contribution is 4.38. The Balaban J connectivity index is 0.